The molecule has 6 nitrogen and oxygen atoms in total. The SMILES string of the molecule is O=C(Nc1ccccc1)c1cccc(NC2=C(Cl)C(=O)N(c3ccc(Cl)c(Cl)c3)C2=O)c1. The molecule has 3 aromatic rings. The van der Waals surface area contributed by atoms with Crippen LogP contribution in [0.1, 0.15) is 10.4 Å². The number of nitrogens with one attached hydrogen (secondary N) is 2. The summed E-state index contributed by atoms with van der Waals surface area (Å²) in [6, 6.07) is 19.9. The van der Waals surface area contributed by atoms with Crippen LogP contribution in [0.25, 0.3) is 0 Å². The fourth-order valence-corrected chi connectivity index (χ4v) is 3.58. The van der Waals surface area contributed by atoms with Gasteiger partial charge in [0.2, 0.25) is 0 Å². The molecule has 9 heteroatoms. The van der Waals surface area contributed by atoms with Gasteiger partial charge < -0.3 is 10.6 Å². The minimum Gasteiger partial charge on any atom is -0.350 e. The summed E-state index contributed by atoms with van der Waals surface area (Å²) in [5, 5.41) is 5.84. The number of carbonyl (C=O) groups excluding carboxylic acids is 3. The first kappa shape index (κ1) is 21.9. The summed E-state index contributed by atoms with van der Waals surface area (Å²) < 4.78 is 0. The van der Waals surface area contributed by atoms with Crippen LogP contribution in [0.3, 0.4) is 0 Å². The second kappa shape index (κ2) is 9.04. The predicted molar refractivity (Wildman–Crippen MR) is 126 cm³/mol. The highest BCUT2D eigenvalue weighted by molar-refractivity contribution is 6.53. The van der Waals surface area contributed by atoms with Crippen molar-refractivity contribution < 1.29 is 14.4 Å². The molecule has 0 saturated heterocycles. The second-order valence-electron chi connectivity index (χ2n) is 6.76. The normalized spacial score (nSPS) is 13.5. The minimum atomic E-state index is -0.699. The van der Waals surface area contributed by atoms with E-state index < -0.39 is 11.8 Å². The molecule has 1 aliphatic heterocycles. The average molecular weight is 487 g/mol. The van der Waals surface area contributed by atoms with Crippen LogP contribution in [0, 0.1) is 0 Å². The van der Waals surface area contributed by atoms with Gasteiger partial charge in [0.25, 0.3) is 17.7 Å². The average Bonchev–Trinajstić information content (AvgIpc) is 3.00. The number of rotatable bonds is 5. The molecule has 2 N–H and O–H groups in total. The first-order valence-electron chi connectivity index (χ1n) is 9.32. The molecule has 0 atom stereocenters. The highest BCUT2D eigenvalue weighted by Gasteiger charge is 2.39. The topological polar surface area (TPSA) is 78.5 Å². The molecule has 160 valence electrons. The lowest BCUT2D eigenvalue weighted by Crippen LogP contribution is -2.32. The third-order valence-corrected chi connectivity index (χ3v) is 5.70. The lowest BCUT2D eigenvalue weighted by Gasteiger charge is -2.16. The van der Waals surface area contributed by atoms with E-state index in [1.165, 1.54) is 18.2 Å². The van der Waals surface area contributed by atoms with Crippen molar-refractivity contribution in [3.05, 3.63) is 99.1 Å². The predicted octanol–water partition coefficient (Wildman–Crippen LogP) is 5.68. The molecular formula is C23H14Cl3N3O3. The molecule has 0 bridgehead atoms. The molecule has 0 aliphatic carbocycles. The van der Waals surface area contributed by atoms with Crippen molar-refractivity contribution in [2.45, 2.75) is 0 Å². The minimum absolute atomic E-state index is 0.108. The van der Waals surface area contributed by atoms with Crippen LogP contribution in [-0.2, 0) is 9.59 Å². The number of nitrogens with zero attached hydrogens (tertiary/aromatic N) is 1. The van der Waals surface area contributed by atoms with Gasteiger partial charge in [0.15, 0.2) is 0 Å². The van der Waals surface area contributed by atoms with Crippen molar-refractivity contribution in [3.8, 4) is 0 Å². The number of para-hydroxylation sites is 1. The van der Waals surface area contributed by atoms with E-state index in [2.05, 4.69) is 10.6 Å². The molecule has 0 fully saturated rings. The van der Waals surface area contributed by atoms with Gasteiger partial charge in [0.1, 0.15) is 10.7 Å². The van der Waals surface area contributed by atoms with Crippen LogP contribution in [0.15, 0.2) is 83.5 Å². The highest BCUT2D eigenvalue weighted by atomic mass is 35.5. The molecule has 0 spiro atoms. The lowest BCUT2D eigenvalue weighted by molar-refractivity contribution is -0.120. The van der Waals surface area contributed by atoms with E-state index >= 15 is 0 Å². The Labute approximate surface area is 198 Å². The number of halogens is 3. The molecule has 4 rings (SSSR count). The van der Waals surface area contributed by atoms with Gasteiger partial charge in [-0.25, -0.2) is 4.90 Å². The Morgan fingerprint density at radius 1 is 0.750 bits per heavy atom. The summed E-state index contributed by atoms with van der Waals surface area (Å²) in [5.41, 5.74) is 1.55. The Bertz CT molecular complexity index is 1280. The quantitative estimate of drug-likeness (QED) is 0.455. The number of anilines is 3. The molecule has 0 saturated carbocycles. The zero-order chi connectivity index (χ0) is 22.8. The highest BCUT2D eigenvalue weighted by Crippen LogP contribution is 2.33. The van der Waals surface area contributed by atoms with Gasteiger partial charge >= 0.3 is 0 Å². The van der Waals surface area contributed by atoms with Gasteiger partial charge in [-0.15, -0.1) is 0 Å². The van der Waals surface area contributed by atoms with Crippen LogP contribution < -0.4 is 15.5 Å². The van der Waals surface area contributed by atoms with Gasteiger partial charge in [0.05, 0.1) is 15.7 Å². The summed E-state index contributed by atoms with van der Waals surface area (Å²) in [5.74, 6) is -1.68. The molecule has 32 heavy (non-hydrogen) atoms. The second-order valence-corrected chi connectivity index (χ2v) is 7.95. The first-order valence-corrected chi connectivity index (χ1v) is 10.5. The Hall–Kier alpha value is -3.32. The summed E-state index contributed by atoms with van der Waals surface area (Å²) in [6.07, 6.45) is 0. The molecule has 0 aromatic heterocycles. The lowest BCUT2D eigenvalue weighted by atomic mass is 10.1. The maximum absolute atomic E-state index is 12.9. The van der Waals surface area contributed by atoms with Crippen molar-refractivity contribution >= 4 is 69.6 Å². The number of imide groups is 1. The monoisotopic (exact) mass is 485 g/mol. The van der Waals surface area contributed by atoms with E-state index in [4.69, 9.17) is 34.8 Å². The van der Waals surface area contributed by atoms with E-state index in [1.54, 1.807) is 36.4 Å². The van der Waals surface area contributed by atoms with E-state index in [-0.39, 0.29) is 32.4 Å². The third-order valence-electron chi connectivity index (χ3n) is 4.61. The number of amides is 3. The van der Waals surface area contributed by atoms with Crippen LogP contribution in [0.4, 0.5) is 17.1 Å². The third kappa shape index (κ3) is 4.34. The zero-order valence-electron chi connectivity index (χ0n) is 16.2. The maximum atomic E-state index is 12.9. The fraction of sp³-hybridized carbons (Fsp3) is 0. The fourth-order valence-electron chi connectivity index (χ4n) is 3.08. The molecule has 1 heterocycles. The van der Waals surface area contributed by atoms with Crippen LogP contribution in [-0.4, -0.2) is 17.7 Å². The molecule has 0 unspecified atom stereocenters. The van der Waals surface area contributed by atoms with Crippen LogP contribution in [0.2, 0.25) is 10.0 Å². The Morgan fingerprint density at radius 2 is 1.47 bits per heavy atom. The Kier molecular flexibility index (Phi) is 6.19. The summed E-state index contributed by atoms with van der Waals surface area (Å²) in [4.78, 5) is 39.0. The Balaban J connectivity index is 1.55. The van der Waals surface area contributed by atoms with E-state index in [9.17, 15) is 14.4 Å². The van der Waals surface area contributed by atoms with Gasteiger partial charge in [-0.1, -0.05) is 59.1 Å². The van der Waals surface area contributed by atoms with Crippen molar-refractivity contribution in [2.75, 3.05) is 15.5 Å². The standard InChI is InChI=1S/C23H14Cl3N3O3/c24-17-10-9-16(12-18(17)25)29-22(31)19(26)20(23(29)32)27-15-8-4-5-13(11-15)21(30)28-14-6-2-1-3-7-14/h1-12,27H,(H,28,30). The Morgan fingerprint density at radius 3 is 2.19 bits per heavy atom. The number of hydrogen-bond donors (Lipinski definition) is 2. The molecule has 3 aromatic carbocycles. The van der Waals surface area contributed by atoms with Gasteiger partial charge in [-0.3, -0.25) is 14.4 Å². The number of benzene rings is 3. The first-order chi connectivity index (χ1) is 15.3. The van der Waals surface area contributed by atoms with E-state index in [0.29, 0.717) is 16.9 Å². The summed E-state index contributed by atoms with van der Waals surface area (Å²) in [7, 11) is 0. The van der Waals surface area contributed by atoms with E-state index in [1.807, 2.05) is 18.2 Å². The van der Waals surface area contributed by atoms with Crippen molar-refractivity contribution in [2.24, 2.45) is 0 Å². The van der Waals surface area contributed by atoms with Gasteiger partial charge in [0, 0.05) is 16.9 Å². The van der Waals surface area contributed by atoms with Crippen LogP contribution >= 0.6 is 34.8 Å². The van der Waals surface area contributed by atoms with E-state index in [0.717, 1.165) is 4.90 Å². The maximum Gasteiger partial charge on any atom is 0.283 e. The molecular weight excluding hydrogens is 473 g/mol. The van der Waals surface area contributed by atoms with Crippen molar-refractivity contribution in [3.63, 3.8) is 0 Å². The zero-order valence-corrected chi connectivity index (χ0v) is 18.5. The van der Waals surface area contributed by atoms with Crippen molar-refractivity contribution in [1.29, 1.82) is 0 Å². The van der Waals surface area contributed by atoms with Crippen molar-refractivity contribution in [1.82, 2.24) is 0 Å². The molecule has 0 radical (unpaired) electrons. The molecule has 1 aliphatic rings. The summed E-state index contributed by atoms with van der Waals surface area (Å²) >= 11 is 18.1. The smallest absolute Gasteiger partial charge is 0.283 e. The number of hydrogen-bond acceptors (Lipinski definition) is 4. The number of carbonyl (C=O) groups is 3. The van der Waals surface area contributed by atoms with Gasteiger partial charge in [-0.2, -0.15) is 0 Å². The largest absolute Gasteiger partial charge is 0.350 e. The van der Waals surface area contributed by atoms with Crippen LogP contribution in [0.5, 0.6) is 0 Å². The van der Waals surface area contributed by atoms with Gasteiger partial charge in [-0.05, 0) is 48.5 Å². The summed E-state index contributed by atoms with van der Waals surface area (Å²) in [6.45, 7) is 0. The molecule has 3 amide bonds.